The van der Waals surface area contributed by atoms with Crippen LogP contribution < -0.4 is 4.74 Å². The second-order valence-corrected chi connectivity index (χ2v) is 10.8. The lowest BCUT2D eigenvalue weighted by molar-refractivity contribution is 0.420. The first-order valence-corrected chi connectivity index (χ1v) is 13.7. The number of aryl methyl sites for hydroxylation is 1. The standard InChI is InChI=1S/C36H24ClNO2/c1-21-8-12-27-28-19-25-17-26(11-9-24(25)20-34(28)40-33(27)16-21)38-31-14-10-23(22-6-4-3-5-7-22)18-29(31)35-32(39-2)15-13-30(37)36(35)38/h3-20H,1-2H3. The van der Waals surface area contributed by atoms with Gasteiger partial charge in [0.15, 0.2) is 0 Å². The molecule has 6 aromatic carbocycles. The molecule has 40 heavy (non-hydrogen) atoms. The summed E-state index contributed by atoms with van der Waals surface area (Å²) in [6.07, 6.45) is 0. The number of benzene rings is 6. The fourth-order valence-electron chi connectivity index (χ4n) is 6.08. The van der Waals surface area contributed by atoms with Gasteiger partial charge in [0.25, 0.3) is 0 Å². The zero-order chi connectivity index (χ0) is 27.0. The summed E-state index contributed by atoms with van der Waals surface area (Å²) in [5, 5.41) is 7.31. The summed E-state index contributed by atoms with van der Waals surface area (Å²) < 4.78 is 14.3. The number of halogens is 1. The topological polar surface area (TPSA) is 27.3 Å². The molecular formula is C36H24ClNO2. The fourth-order valence-corrected chi connectivity index (χ4v) is 6.32. The van der Waals surface area contributed by atoms with Crippen molar-refractivity contribution in [1.29, 1.82) is 0 Å². The average molecular weight is 538 g/mol. The van der Waals surface area contributed by atoms with Gasteiger partial charge in [-0.25, -0.2) is 0 Å². The van der Waals surface area contributed by atoms with E-state index in [4.69, 9.17) is 20.8 Å². The smallest absolute Gasteiger partial charge is 0.136 e. The molecule has 0 amide bonds. The molecule has 0 N–H and O–H groups in total. The lowest BCUT2D eigenvalue weighted by Crippen LogP contribution is -1.95. The third-order valence-corrected chi connectivity index (χ3v) is 8.28. The van der Waals surface area contributed by atoms with Gasteiger partial charge in [0.05, 0.1) is 28.6 Å². The molecule has 4 heteroatoms. The summed E-state index contributed by atoms with van der Waals surface area (Å²) in [5.41, 5.74) is 8.38. The van der Waals surface area contributed by atoms with E-state index < -0.39 is 0 Å². The van der Waals surface area contributed by atoms with Crippen LogP contribution in [0.5, 0.6) is 5.75 Å². The van der Waals surface area contributed by atoms with E-state index in [0.29, 0.717) is 5.02 Å². The SMILES string of the molecule is COc1ccc(Cl)c2c1c1cc(-c3ccccc3)ccc1n2-c1ccc2cc3oc4cc(C)ccc4c3cc2c1. The number of rotatable bonds is 3. The Hall–Kier alpha value is -4.73. The highest BCUT2D eigenvalue weighted by Crippen LogP contribution is 2.43. The summed E-state index contributed by atoms with van der Waals surface area (Å²) >= 11 is 6.94. The number of aromatic nitrogens is 1. The number of ether oxygens (including phenoxy) is 1. The molecule has 0 atom stereocenters. The Morgan fingerprint density at radius 3 is 2.38 bits per heavy atom. The summed E-state index contributed by atoms with van der Waals surface area (Å²) in [7, 11) is 1.71. The molecule has 0 saturated heterocycles. The Morgan fingerprint density at radius 2 is 1.52 bits per heavy atom. The van der Waals surface area contributed by atoms with Crippen LogP contribution in [-0.4, -0.2) is 11.7 Å². The van der Waals surface area contributed by atoms with Gasteiger partial charge < -0.3 is 13.7 Å². The first-order chi connectivity index (χ1) is 19.6. The maximum atomic E-state index is 6.94. The third-order valence-electron chi connectivity index (χ3n) is 7.98. The van der Waals surface area contributed by atoms with Gasteiger partial charge in [-0.2, -0.15) is 0 Å². The van der Waals surface area contributed by atoms with E-state index in [-0.39, 0.29) is 0 Å². The van der Waals surface area contributed by atoms with Crippen molar-refractivity contribution in [3.8, 4) is 22.6 Å². The zero-order valence-electron chi connectivity index (χ0n) is 22.0. The number of fused-ring (bicyclic) bond motifs is 7. The molecule has 192 valence electrons. The molecule has 0 aliphatic heterocycles. The number of hydrogen-bond acceptors (Lipinski definition) is 2. The van der Waals surface area contributed by atoms with Crippen molar-refractivity contribution >= 4 is 66.1 Å². The van der Waals surface area contributed by atoms with E-state index in [1.54, 1.807) is 7.11 Å². The van der Waals surface area contributed by atoms with Gasteiger partial charge in [0.1, 0.15) is 16.9 Å². The molecule has 0 aliphatic rings. The lowest BCUT2D eigenvalue weighted by Gasteiger charge is -2.11. The number of furan rings is 1. The quantitative estimate of drug-likeness (QED) is 0.224. The number of methoxy groups -OCH3 is 1. The summed E-state index contributed by atoms with van der Waals surface area (Å²) in [4.78, 5) is 0. The second kappa shape index (κ2) is 8.64. The Kier molecular flexibility index (Phi) is 5.01. The van der Waals surface area contributed by atoms with Crippen LogP contribution in [0.4, 0.5) is 0 Å². The van der Waals surface area contributed by atoms with Crippen molar-refractivity contribution in [2.75, 3.05) is 7.11 Å². The van der Waals surface area contributed by atoms with E-state index >= 15 is 0 Å². The minimum absolute atomic E-state index is 0.681. The van der Waals surface area contributed by atoms with Crippen LogP contribution >= 0.6 is 11.6 Å². The number of nitrogens with zero attached hydrogens (tertiary/aromatic N) is 1. The Bertz CT molecular complexity index is 2270. The molecule has 8 aromatic rings. The monoisotopic (exact) mass is 537 g/mol. The van der Waals surface area contributed by atoms with E-state index in [1.165, 1.54) is 11.1 Å². The normalized spacial score (nSPS) is 11.9. The van der Waals surface area contributed by atoms with Crippen molar-refractivity contribution in [1.82, 2.24) is 4.57 Å². The summed E-state index contributed by atoms with van der Waals surface area (Å²) in [5.74, 6) is 0.802. The number of hydrogen-bond donors (Lipinski definition) is 0. The predicted molar refractivity (Wildman–Crippen MR) is 167 cm³/mol. The average Bonchev–Trinajstić information content (AvgIpc) is 3.51. The molecule has 0 fully saturated rings. The highest BCUT2D eigenvalue weighted by Gasteiger charge is 2.20. The lowest BCUT2D eigenvalue weighted by atomic mass is 10.0. The van der Waals surface area contributed by atoms with Gasteiger partial charge in [0, 0.05) is 21.8 Å². The zero-order valence-corrected chi connectivity index (χ0v) is 22.8. The van der Waals surface area contributed by atoms with Gasteiger partial charge in [-0.3, -0.25) is 0 Å². The highest BCUT2D eigenvalue weighted by atomic mass is 35.5. The molecule has 2 heterocycles. The molecule has 3 nitrogen and oxygen atoms in total. The minimum atomic E-state index is 0.681. The van der Waals surface area contributed by atoms with Crippen LogP contribution in [-0.2, 0) is 0 Å². The molecule has 0 radical (unpaired) electrons. The van der Waals surface area contributed by atoms with Crippen molar-refractivity contribution in [3.63, 3.8) is 0 Å². The fraction of sp³-hybridized carbons (Fsp3) is 0.0556. The van der Waals surface area contributed by atoms with Gasteiger partial charge in [-0.15, -0.1) is 0 Å². The largest absolute Gasteiger partial charge is 0.496 e. The Balaban J connectivity index is 1.42. The minimum Gasteiger partial charge on any atom is -0.496 e. The van der Waals surface area contributed by atoms with Crippen molar-refractivity contribution in [2.45, 2.75) is 6.92 Å². The van der Waals surface area contributed by atoms with Crippen molar-refractivity contribution in [3.05, 3.63) is 120 Å². The molecule has 0 unspecified atom stereocenters. The Morgan fingerprint density at radius 1 is 0.675 bits per heavy atom. The van der Waals surface area contributed by atoms with Crippen molar-refractivity contribution < 1.29 is 9.15 Å². The van der Waals surface area contributed by atoms with E-state index in [2.05, 4.69) is 102 Å². The third kappa shape index (κ3) is 3.38. The van der Waals surface area contributed by atoms with Crippen molar-refractivity contribution in [2.24, 2.45) is 0 Å². The van der Waals surface area contributed by atoms with Crippen LogP contribution in [0, 0.1) is 6.92 Å². The van der Waals surface area contributed by atoms with Crippen LogP contribution in [0.3, 0.4) is 0 Å². The molecule has 0 bridgehead atoms. The van der Waals surface area contributed by atoms with E-state index in [9.17, 15) is 0 Å². The van der Waals surface area contributed by atoms with Crippen LogP contribution in [0.25, 0.3) is 71.3 Å². The second-order valence-electron chi connectivity index (χ2n) is 10.4. The molecule has 0 spiro atoms. The van der Waals surface area contributed by atoms with Gasteiger partial charge in [-0.1, -0.05) is 66.2 Å². The molecular weight excluding hydrogens is 514 g/mol. The van der Waals surface area contributed by atoms with E-state index in [0.717, 1.165) is 71.5 Å². The maximum absolute atomic E-state index is 6.94. The van der Waals surface area contributed by atoms with Crippen LogP contribution in [0.2, 0.25) is 5.02 Å². The molecule has 0 aliphatic carbocycles. The highest BCUT2D eigenvalue weighted by molar-refractivity contribution is 6.37. The first-order valence-electron chi connectivity index (χ1n) is 13.3. The first kappa shape index (κ1) is 23.2. The summed E-state index contributed by atoms with van der Waals surface area (Å²) in [6, 6.07) is 38.2. The summed E-state index contributed by atoms with van der Waals surface area (Å²) in [6.45, 7) is 2.09. The molecule has 2 aromatic heterocycles. The van der Waals surface area contributed by atoms with Gasteiger partial charge in [-0.05, 0) is 89.0 Å². The molecule has 0 saturated carbocycles. The van der Waals surface area contributed by atoms with Crippen LogP contribution in [0.15, 0.2) is 114 Å². The van der Waals surface area contributed by atoms with Crippen LogP contribution in [0.1, 0.15) is 5.56 Å². The van der Waals surface area contributed by atoms with Gasteiger partial charge >= 0.3 is 0 Å². The maximum Gasteiger partial charge on any atom is 0.136 e. The predicted octanol–water partition coefficient (Wildman–Crippen LogP) is 10.5. The van der Waals surface area contributed by atoms with Gasteiger partial charge in [0.2, 0.25) is 0 Å². The van der Waals surface area contributed by atoms with E-state index in [1.807, 2.05) is 18.2 Å². The Labute approximate surface area is 235 Å². The molecule has 8 rings (SSSR count).